The fourth-order valence-corrected chi connectivity index (χ4v) is 3.96. The minimum atomic E-state index is 0. The second-order valence-corrected chi connectivity index (χ2v) is 8.50. The monoisotopic (exact) mass is 574 g/mol. The predicted octanol–water partition coefficient (Wildman–Crippen LogP) is 2.80. The molecule has 2 N–H and O–H groups in total. The van der Waals surface area contributed by atoms with Gasteiger partial charge in [0.05, 0.1) is 31.5 Å². The van der Waals surface area contributed by atoms with Crippen LogP contribution in [0.5, 0.6) is 0 Å². The standard InChI is InChI=1S/C24H38N4O4.HI/c1-4-25-24(26-11-5-12-31-22-10-13-30-17-22)27-14-20-6-8-21(9-7-20)23(29)28-15-18(2)32-19(3)16-28;/h6-9,18-19,22H,4-5,10-17H2,1-3H3,(H2,25,26,27);1H. The molecule has 3 unspecified atom stereocenters. The first-order valence-electron chi connectivity index (χ1n) is 11.8. The number of carbonyl (C=O) groups excluding carboxylic acids is 1. The van der Waals surface area contributed by atoms with Gasteiger partial charge in [-0.05, 0) is 51.3 Å². The first kappa shape index (κ1) is 27.8. The molecule has 186 valence electrons. The number of morpholine rings is 1. The molecule has 2 aliphatic rings. The Kier molecular flexibility index (Phi) is 12.4. The summed E-state index contributed by atoms with van der Waals surface area (Å²) in [4.78, 5) is 19.4. The first-order chi connectivity index (χ1) is 15.5. The van der Waals surface area contributed by atoms with Gasteiger partial charge in [0, 0.05) is 45.0 Å². The quantitative estimate of drug-likeness (QED) is 0.204. The number of nitrogens with one attached hydrogen (secondary N) is 2. The number of benzene rings is 1. The van der Waals surface area contributed by atoms with Gasteiger partial charge in [0.2, 0.25) is 0 Å². The van der Waals surface area contributed by atoms with E-state index < -0.39 is 0 Å². The maximum atomic E-state index is 12.8. The molecule has 9 heteroatoms. The molecule has 8 nitrogen and oxygen atoms in total. The molecular weight excluding hydrogens is 535 g/mol. The van der Waals surface area contributed by atoms with E-state index >= 15 is 0 Å². The number of nitrogens with zero attached hydrogens (tertiary/aromatic N) is 2. The fraction of sp³-hybridized carbons (Fsp3) is 0.667. The number of hydrogen-bond donors (Lipinski definition) is 2. The Labute approximate surface area is 214 Å². The van der Waals surface area contributed by atoms with Crippen LogP contribution >= 0.6 is 24.0 Å². The van der Waals surface area contributed by atoms with Gasteiger partial charge in [-0.1, -0.05) is 12.1 Å². The maximum Gasteiger partial charge on any atom is 0.254 e. The van der Waals surface area contributed by atoms with Crippen molar-refractivity contribution in [2.45, 2.75) is 58.5 Å². The highest BCUT2D eigenvalue weighted by molar-refractivity contribution is 14.0. The molecule has 2 fully saturated rings. The predicted molar refractivity (Wildman–Crippen MR) is 140 cm³/mol. The van der Waals surface area contributed by atoms with Crippen LogP contribution in [-0.4, -0.2) is 81.1 Å². The van der Waals surface area contributed by atoms with Crippen molar-refractivity contribution in [1.29, 1.82) is 0 Å². The van der Waals surface area contributed by atoms with Gasteiger partial charge in [-0.15, -0.1) is 24.0 Å². The molecule has 2 aliphatic heterocycles. The average Bonchev–Trinajstić information content (AvgIpc) is 3.30. The molecule has 2 saturated heterocycles. The van der Waals surface area contributed by atoms with Gasteiger partial charge in [0.15, 0.2) is 5.96 Å². The second-order valence-electron chi connectivity index (χ2n) is 8.50. The molecule has 1 amide bonds. The Balaban J connectivity index is 0.00000385. The molecule has 0 aromatic heterocycles. The van der Waals surface area contributed by atoms with Crippen molar-refractivity contribution in [1.82, 2.24) is 15.5 Å². The van der Waals surface area contributed by atoms with Crippen LogP contribution in [0.15, 0.2) is 29.3 Å². The van der Waals surface area contributed by atoms with Crippen LogP contribution in [0, 0.1) is 0 Å². The molecule has 0 spiro atoms. The van der Waals surface area contributed by atoms with E-state index in [1.54, 1.807) is 0 Å². The van der Waals surface area contributed by atoms with Gasteiger partial charge in [-0.25, -0.2) is 4.99 Å². The van der Waals surface area contributed by atoms with Crippen molar-refractivity contribution >= 4 is 35.8 Å². The molecule has 1 aromatic rings. The number of ether oxygens (including phenoxy) is 3. The van der Waals surface area contributed by atoms with Gasteiger partial charge in [0.25, 0.3) is 5.91 Å². The van der Waals surface area contributed by atoms with Crippen molar-refractivity contribution < 1.29 is 19.0 Å². The Morgan fingerprint density at radius 2 is 1.91 bits per heavy atom. The van der Waals surface area contributed by atoms with Crippen molar-refractivity contribution in [3.63, 3.8) is 0 Å². The summed E-state index contributed by atoms with van der Waals surface area (Å²) in [5, 5.41) is 6.62. The van der Waals surface area contributed by atoms with Crippen molar-refractivity contribution in [3.05, 3.63) is 35.4 Å². The highest BCUT2D eigenvalue weighted by atomic mass is 127. The van der Waals surface area contributed by atoms with Gasteiger partial charge < -0.3 is 29.7 Å². The summed E-state index contributed by atoms with van der Waals surface area (Å²) in [7, 11) is 0. The maximum absolute atomic E-state index is 12.8. The largest absolute Gasteiger partial charge is 0.379 e. The van der Waals surface area contributed by atoms with E-state index in [2.05, 4.69) is 15.6 Å². The normalized spacial score (nSPS) is 23.2. The van der Waals surface area contributed by atoms with Crippen molar-refractivity contribution in [2.24, 2.45) is 4.99 Å². The zero-order valence-electron chi connectivity index (χ0n) is 20.0. The lowest BCUT2D eigenvalue weighted by atomic mass is 10.1. The summed E-state index contributed by atoms with van der Waals surface area (Å²) in [5.74, 6) is 0.844. The third-order valence-corrected chi connectivity index (χ3v) is 5.53. The molecule has 33 heavy (non-hydrogen) atoms. The lowest BCUT2D eigenvalue weighted by Gasteiger charge is -2.35. The van der Waals surface area contributed by atoms with Crippen LogP contribution in [0.4, 0.5) is 0 Å². The number of amides is 1. The number of halogens is 1. The van der Waals surface area contributed by atoms with Gasteiger partial charge in [-0.2, -0.15) is 0 Å². The zero-order valence-corrected chi connectivity index (χ0v) is 22.4. The molecule has 3 atom stereocenters. The molecule has 1 aromatic carbocycles. The van der Waals surface area contributed by atoms with E-state index in [9.17, 15) is 4.79 Å². The molecule has 2 heterocycles. The minimum absolute atomic E-state index is 0. The van der Waals surface area contributed by atoms with E-state index in [1.807, 2.05) is 49.9 Å². The number of rotatable bonds is 9. The van der Waals surface area contributed by atoms with Crippen LogP contribution in [0.2, 0.25) is 0 Å². The van der Waals surface area contributed by atoms with Crippen LogP contribution in [-0.2, 0) is 20.8 Å². The van der Waals surface area contributed by atoms with Crippen LogP contribution in [0.1, 0.15) is 49.5 Å². The van der Waals surface area contributed by atoms with E-state index in [0.29, 0.717) is 31.8 Å². The minimum Gasteiger partial charge on any atom is -0.379 e. The Bertz CT molecular complexity index is 730. The topological polar surface area (TPSA) is 84.4 Å². The molecule has 0 radical (unpaired) electrons. The average molecular weight is 575 g/mol. The molecule has 0 bridgehead atoms. The summed E-state index contributed by atoms with van der Waals surface area (Å²) >= 11 is 0. The fourth-order valence-electron chi connectivity index (χ4n) is 3.96. The number of guanidine groups is 1. The summed E-state index contributed by atoms with van der Waals surface area (Å²) in [6.07, 6.45) is 2.29. The Morgan fingerprint density at radius 1 is 1.18 bits per heavy atom. The molecule has 0 saturated carbocycles. The van der Waals surface area contributed by atoms with Crippen LogP contribution < -0.4 is 10.6 Å². The number of aliphatic imine (C=N–C) groups is 1. The van der Waals surface area contributed by atoms with Gasteiger partial charge in [0.1, 0.15) is 0 Å². The highest BCUT2D eigenvalue weighted by Crippen LogP contribution is 2.15. The third kappa shape index (κ3) is 9.38. The third-order valence-electron chi connectivity index (χ3n) is 5.53. The highest BCUT2D eigenvalue weighted by Gasteiger charge is 2.26. The lowest BCUT2D eigenvalue weighted by molar-refractivity contribution is -0.0586. The number of hydrogen-bond acceptors (Lipinski definition) is 5. The molecular formula is C24H39IN4O4. The van der Waals surface area contributed by atoms with Crippen LogP contribution in [0.3, 0.4) is 0 Å². The summed E-state index contributed by atoms with van der Waals surface area (Å²) in [5.41, 5.74) is 1.77. The van der Waals surface area contributed by atoms with E-state index in [-0.39, 0.29) is 48.2 Å². The van der Waals surface area contributed by atoms with E-state index in [4.69, 9.17) is 14.2 Å². The van der Waals surface area contributed by atoms with Gasteiger partial charge in [-0.3, -0.25) is 4.79 Å². The summed E-state index contributed by atoms with van der Waals surface area (Å²) in [6, 6.07) is 7.74. The Morgan fingerprint density at radius 3 is 2.55 bits per heavy atom. The molecule has 3 rings (SSSR count). The second kappa shape index (κ2) is 14.7. The smallest absolute Gasteiger partial charge is 0.254 e. The Hall–Kier alpha value is -1.43. The summed E-state index contributed by atoms with van der Waals surface area (Å²) < 4.78 is 16.8. The van der Waals surface area contributed by atoms with E-state index in [0.717, 1.165) is 50.7 Å². The summed E-state index contributed by atoms with van der Waals surface area (Å²) in [6.45, 7) is 11.7. The SMILES string of the molecule is CCNC(=NCc1ccc(C(=O)N2CC(C)OC(C)C2)cc1)NCCCOC1CCOC1.I. The lowest BCUT2D eigenvalue weighted by Crippen LogP contribution is -2.48. The van der Waals surface area contributed by atoms with Crippen molar-refractivity contribution in [3.8, 4) is 0 Å². The number of carbonyl (C=O) groups is 1. The molecule has 0 aliphatic carbocycles. The first-order valence-corrected chi connectivity index (χ1v) is 11.8. The van der Waals surface area contributed by atoms with E-state index in [1.165, 1.54) is 0 Å². The van der Waals surface area contributed by atoms with Crippen molar-refractivity contribution in [2.75, 3.05) is 46.0 Å². The van der Waals surface area contributed by atoms with Gasteiger partial charge >= 0.3 is 0 Å². The zero-order chi connectivity index (χ0) is 22.8. The van der Waals surface area contributed by atoms with Crippen LogP contribution in [0.25, 0.3) is 0 Å².